The molecule has 26 heavy (non-hydrogen) atoms. The van der Waals surface area contributed by atoms with Gasteiger partial charge in [-0.05, 0) is 55.9 Å². The van der Waals surface area contributed by atoms with E-state index in [-0.39, 0.29) is 10.8 Å². The Hall–Kier alpha value is -1.64. The molecule has 0 radical (unpaired) electrons. The zero-order valence-corrected chi connectivity index (χ0v) is 16.6. The van der Waals surface area contributed by atoms with Crippen LogP contribution in [0.5, 0.6) is 0 Å². The Morgan fingerprint density at radius 3 is 2.35 bits per heavy atom. The first-order chi connectivity index (χ1) is 12.1. The van der Waals surface area contributed by atoms with Crippen LogP contribution in [0, 0.1) is 0 Å². The Balaban J connectivity index is 2.02. The summed E-state index contributed by atoms with van der Waals surface area (Å²) in [5.74, 6) is -0.235. The fourth-order valence-corrected chi connectivity index (χ4v) is 3.21. The van der Waals surface area contributed by atoms with Gasteiger partial charge in [0, 0.05) is 22.3 Å². The summed E-state index contributed by atoms with van der Waals surface area (Å²) >= 11 is 12.1. The molecule has 9 heteroatoms. The molecule has 0 saturated heterocycles. The van der Waals surface area contributed by atoms with E-state index in [0.29, 0.717) is 22.3 Å². The lowest BCUT2D eigenvalue weighted by atomic mass is 10.2. The summed E-state index contributed by atoms with van der Waals surface area (Å²) in [6.07, 6.45) is 0. The number of benzene rings is 2. The molecular weight excluding hydrogens is 397 g/mol. The maximum absolute atomic E-state index is 12.4. The Morgan fingerprint density at radius 2 is 1.81 bits per heavy atom. The molecule has 0 aliphatic heterocycles. The summed E-state index contributed by atoms with van der Waals surface area (Å²) in [6.45, 7) is 2.23. The van der Waals surface area contributed by atoms with E-state index in [0.717, 1.165) is 5.56 Å². The monoisotopic (exact) mass is 415 g/mol. The number of nitrogens with zero attached hydrogens (tertiary/aromatic N) is 1. The smallest absolute Gasteiger partial charge is 0.241 e. The van der Waals surface area contributed by atoms with Crippen molar-refractivity contribution in [1.29, 1.82) is 0 Å². The summed E-state index contributed by atoms with van der Waals surface area (Å²) in [5.41, 5.74) is 1.34. The number of primary sulfonamides is 1. The lowest BCUT2D eigenvalue weighted by molar-refractivity contribution is -0.120. The molecule has 1 unspecified atom stereocenters. The van der Waals surface area contributed by atoms with E-state index in [1.807, 2.05) is 11.0 Å². The van der Waals surface area contributed by atoms with Gasteiger partial charge in [-0.2, -0.15) is 0 Å². The molecule has 1 amide bonds. The molecule has 2 rings (SSSR count). The third-order valence-electron chi connectivity index (χ3n) is 3.93. The van der Waals surface area contributed by atoms with E-state index in [2.05, 4.69) is 5.32 Å². The minimum Gasteiger partial charge on any atom is -0.325 e. The molecule has 2 aromatic carbocycles. The van der Waals surface area contributed by atoms with Crippen molar-refractivity contribution >= 4 is 44.8 Å². The third-order valence-corrected chi connectivity index (χ3v) is 5.44. The van der Waals surface area contributed by atoms with E-state index in [1.165, 1.54) is 24.3 Å². The average Bonchev–Trinajstić information content (AvgIpc) is 2.56. The Kier molecular flexibility index (Phi) is 6.65. The van der Waals surface area contributed by atoms with Gasteiger partial charge in [-0.15, -0.1) is 0 Å². The maximum atomic E-state index is 12.4. The van der Waals surface area contributed by atoms with Gasteiger partial charge in [0.25, 0.3) is 0 Å². The molecule has 3 N–H and O–H groups in total. The number of carbonyl (C=O) groups is 1. The quantitative estimate of drug-likeness (QED) is 0.757. The van der Waals surface area contributed by atoms with E-state index < -0.39 is 16.1 Å². The molecular formula is C17H19Cl2N3O3S. The van der Waals surface area contributed by atoms with Crippen LogP contribution in [0.25, 0.3) is 0 Å². The van der Waals surface area contributed by atoms with E-state index in [1.54, 1.807) is 26.1 Å². The molecule has 1 atom stereocenters. The number of amides is 1. The van der Waals surface area contributed by atoms with Crippen LogP contribution < -0.4 is 10.5 Å². The number of likely N-dealkylation sites (N-methyl/N-ethyl adjacent to an activating group) is 1. The SMILES string of the molecule is CC(C(=O)Nc1ccc(S(N)(=O)=O)cc1)N(C)Cc1ccc(Cl)cc1Cl. The van der Waals surface area contributed by atoms with Crippen molar-refractivity contribution in [3.05, 3.63) is 58.1 Å². The van der Waals surface area contributed by atoms with E-state index in [9.17, 15) is 13.2 Å². The van der Waals surface area contributed by atoms with Gasteiger partial charge in [-0.1, -0.05) is 29.3 Å². The fraction of sp³-hybridized carbons (Fsp3) is 0.235. The standard InChI is InChI=1S/C17H19Cl2N3O3S/c1-11(22(2)10-12-3-4-13(18)9-16(12)19)17(23)21-14-5-7-15(8-6-14)26(20,24)25/h3-9,11H,10H2,1-2H3,(H,21,23)(H2,20,24,25). The second-order valence-corrected chi connectivity index (χ2v) is 8.29. The van der Waals surface area contributed by atoms with E-state index in [4.69, 9.17) is 28.3 Å². The van der Waals surface area contributed by atoms with Crippen molar-refractivity contribution in [2.45, 2.75) is 24.4 Å². The Labute approximate surface area is 162 Å². The highest BCUT2D eigenvalue weighted by molar-refractivity contribution is 7.89. The number of nitrogens with two attached hydrogens (primary N) is 1. The number of carbonyl (C=O) groups excluding carboxylic acids is 1. The van der Waals surface area contributed by atoms with Gasteiger partial charge in [0.2, 0.25) is 15.9 Å². The number of rotatable bonds is 6. The van der Waals surface area contributed by atoms with Crippen molar-refractivity contribution in [2.75, 3.05) is 12.4 Å². The minimum absolute atomic E-state index is 0.0157. The summed E-state index contributed by atoms with van der Waals surface area (Å²) in [7, 11) is -1.96. The molecule has 0 aliphatic carbocycles. The number of anilines is 1. The number of sulfonamides is 1. The zero-order chi connectivity index (χ0) is 19.5. The highest BCUT2D eigenvalue weighted by Gasteiger charge is 2.19. The van der Waals surface area contributed by atoms with Crippen LogP contribution in [0.3, 0.4) is 0 Å². The molecule has 0 aromatic heterocycles. The maximum Gasteiger partial charge on any atom is 0.241 e. The van der Waals surface area contributed by atoms with Crippen LogP contribution in [-0.4, -0.2) is 32.3 Å². The normalized spacial score (nSPS) is 12.8. The number of hydrogen-bond acceptors (Lipinski definition) is 4. The van der Waals surface area contributed by atoms with Crippen molar-refractivity contribution in [1.82, 2.24) is 4.90 Å². The highest BCUT2D eigenvalue weighted by Crippen LogP contribution is 2.22. The Bertz CT molecular complexity index is 902. The van der Waals surface area contributed by atoms with E-state index >= 15 is 0 Å². The predicted molar refractivity (Wildman–Crippen MR) is 104 cm³/mol. The second-order valence-electron chi connectivity index (χ2n) is 5.89. The van der Waals surface area contributed by atoms with Crippen LogP contribution in [0.1, 0.15) is 12.5 Å². The fourth-order valence-electron chi connectivity index (χ4n) is 2.23. The summed E-state index contributed by atoms with van der Waals surface area (Å²) in [6, 6.07) is 10.4. The third kappa shape index (κ3) is 5.43. The Morgan fingerprint density at radius 1 is 1.19 bits per heavy atom. The second kappa shape index (κ2) is 8.37. The molecule has 0 aliphatic rings. The molecule has 0 heterocycles. The number of hydrogen-bond donors (Lipinski definition) is 2. The van der Waals surface area contributed by atoms with Crippen molar-refractivity contribution in [3.63, 3.8) is 0 Å². The van der Waals surface area contributed by atoms with Gasteiger partial charge in [0.1, 0.15) is 0 Å². The first-order valence-corrected chi connectivity index (χ1v) is 9.96. The van der Waals surface area contributed by atoms with Crippen LogP contribution in [-0.2, 0) is 21.4 Å². The summed E-state index contributed by atoms with van der Waals surface area (Å²) in [4.78, 5) is 14.2. The molecule has 2 aromatic rings. The largest absolute Gasteiger partial charge is 0.325 e. The van der Waals surface area contributed by atoms with Gasteiger partial charge in [0.15, 0.2) is 0 Å². The molecule has 0 spiro atoms. The van der Waals surface area contributed by atoms with Gasteiger partial charge < -0.3 is 5.32 Å². The first kappa shape index (κ1) is 20.7. The van der Waals surface area contributed by atoms with Gasteiger partial charge in [-0.3, -0.25) is 9.69 Å². The number of nitrogens with one attached hydrogen (secondary N) is 1. The molecule has 140 valence electrons. The van der Waals surface area contributed by atoms with Crippen molar-refractivity contribution < 1.29 is 13.2 Å². The van der Waals surface area contributed by atoms with Crippen molar-refractivity contribution in [2.24, 2.45) is 5.14 Å². The van der Waals surface area contributed by atoms with Crippen molar-refractivity contribution in [3.8, 4) is 0 Å². The van der Waals surface area contributed by atoms with Crippen LogP contribution in [0.2, 0.25) is 10.0 Å². The predicted octanol–water partition coefficient (Wildman–Crippen LogP) is 3.10. The lowest BCUT2D eigenvalue weighted by Gasteiger charge is -2.24. The molecule has 6 nitrogen and oxygen atoms in total. The summed E-state index contributed by atoms with van der Waals surface area (Å²) in [5, 5.41) is 8.88. The zero-order valence-electron chi connectivity index (χ0n) is 14.2. The first-order valence-electron chi connectivity index (χ1n) is 7.66. The summed E-state index contributed by atoms with van der Waals surface area (Å²) < 4.78 is 22.5. The van der Waals surface area contributed by atoms with Crippen LogP contribution >= 0.6 is 23.2 Å². The average molecular weight is 416 g/mol. The topological polar surface area (TPSA) is 92.5 Å². The van der Waals surface area contributed by atoms with Gasteiger partial charge in [0.05, 0.1) is 10.9 Å². The van der Waals surface area contributed by atoms with Crippen LogP contribution in [0.15, 0.2) is 47.4 Å². The lowest BCUT2D eigenvalue weighted by Crippen LogP contribution is -2.39. The molecule has 0 bridgehead atoms. The van der Waals surface area contributed by atoms with Gasteiger partial charge in [-0.25, -0.2) is 13.6 Å². The highest BCUT2D eigenvalue weighted by atomic mass is 35.5. The molecule has 0 fully saturated rings. The van der Waals surface area contributed by atoms with Gasteiger partial charge >= 0.3 is 0 Å². The minimum atomic E-state index is -3.76. The molecule has 0 saturated carbocycles. The van der Waals surface area contributed by atoms with Crippen LogP contribution in [0.4, 0.5) is 5.69 Å². The number of halogens is 2.